The summed E-state index contributed by atoms with van der Waals surface area (Å²) in [6.07, 6.45) is 0.824. The van der Waals surface area contributed by atoms with Gasteiger partial charge in [0.2, 0.25) is 11.8 Å². The molecule has 1 atom stereocenters. The Bertz CT molecular complexity index is 922. The quantitative estimate of drug-likeness (QED) is 0.611. The van der Waals surface area contributed by atoms with Gasteiger partial charge in [-0.15, -0.1) is 10.2 Å². The zero-order valence-electron chi connectivity index (χ0n) is 20.3. The van der Waals surface area contributed by atoms with Crippen LogP contribution in [0.1, 0.15) is 34.1 Å². The molecule has 8 nitrogen and oxygen atoms in total. The van der Waals surface area contributed by atoms with Gasteiger partial charge in [-0.1, -0.05) is 20.8 Å². The Kier molecular flexibility index (Phi) is 8.25. The predicted octanol–water partition coefficient (Wildman–Crippen LogP) is 3.08. The monoisotopic (exact) mass is 453 g/mol. The molecule has 33 heavy (non-hydrogen) atoms. The van der Waals surface area contributed by atoms with Gasteiger partial charge in [-0.05, 0) is 49.7 Å². The van der Waals surface area contributed by atoms with Gasteiger partial charge in [0, 0.05) is 43.7 Å². The third-order valence-corrected chi connectivity index (χ3v) is 6.20. The highest BCUT2D eigenvalue weighted by Crippen LogP contribution is 2.22. The van der Waals surface area contributed by atoms with Crippen molar-refractivity contribution in [3.8, 4) is 17.0 Å². The van der Waals surface area contributed by atoms with E-state index in [1.165, 1.54) is 0 Å². The second-order valence-electron chi connectivity index (χ2n) is 8.75. The molecule has 3 rings (SSSR count). The summed E-state index contributed by atoms with van der Waals surface area (Å²) in [5.74, 6) is 1.52. The maximum atomic E-state index is 12.9. The normalized spacial score (nSPS) is 14.8. The summed E-state index contributed by atoms with van der Waals surface area (Å²) in [5, 5.41) is 8.79. The number of carbonyl (C=O) groups excluding carboxylic acids is 2. The van der Waals surface area contributed by atoms with Crippen LogP contribution in [0.4, 0.5) is 5.82 Å². The summed E-state index contributed by atoms with van der Waals surface area (Å²) < 4.78 is 5.20. The summed E-state index contributed by atoms with van der Waals surface area (Å²) in [5.41, 5.74) is 1.78. The standard InChI is InChI=1S/C25H35N5O3/c1-6-19(4)30(25(32)18(2)3)17-24(31)29-15-13-28(14-16-29)23-12-11-22(26-27-23)20-7-9-21(33-5)10-8-20/h7-12,18-19H,6,13-17H2,1-5H3/t19-/m1/s1. The van der Waals surface area contributed by atoms with Gasteiger partial charge in [0.25, 0.3) is 0 Å². The van der Waals surface area contributed by atoms with Crippen LogP contribution >= 0.6 is 0 Å². The Hall–Kier alpha value is -3.16. The first-order chi connectivity index (χ1) is 15.8. The summed E-state index contributed by atoms with van der Waals surface area (Å²) in [4.78, 5) is 31.2. The minimum Gasteiger partial charge on any atom is -0.497 e. The highest BCUT2D eigenvalue weighted by molar-refractivity contribution is 5.86. The molecule has 0 radical (unpaired) electrons. The van der Waals surface area contributed by atoms with Crippen molar-refractivity contribution in [2.24, 2.45) is 5.92 Å². The third kappa shape index (κ3) is 6.00. The van der Waals surface area contributed by atoms with Gasteiger partial charge in [0.05, 0.1) is 19.3 Å². The Morgan fingerprint density at radius 3 is 2.18 bits per heavy atom. The number of amides is 2. The molecule has 1 saturated heterocycles. The van der Waals surface area contributed by atoms with Crippen molar-refractivity contribution in [1.82, 2.24) is 20.0 Å². The number of methoxy groups -OCH3 is 1. The SMILES string of the molecule is CC[C@@H](C)N(CC(=O)N1CCN(c2ccc(-c3ccc(OC)cc3)nn2)CC1)C(=O)C(C)C. The van der Waals surface area contributed by atoms with E-state index in [0.717, 1.165) is 29.2 Å². The number of hydrogen-bond donors (Lipinski definition) is 0. The van der Waals surface area contributed by atoms with Crippen molar-refractivity contribution in [3.05, 3.63) is 36.4 Å². The molecule has 0 aliphatic carbocycles. The fourth-order valence-corrected chi connectivity index (χ4v) is 3.84. The van der Waals surface area contributed by atoms with E-state index in [1.807, 2.05) is 69.0 Å². The molecule has 2 heterocycles. The number of aromatic nitrogens is 2. The Morgan fingerprint density at radius 2 is 1.67 bits per heavy atom. The van der Waals surface area contributed by atoms with Crippen LogP contribution in [0, 0.1) is 5.92 Å². The number of hydrogen-bond acceptors (Lipinski definition) is 6. The van der Waals surface area contributed by atoms with Gasteiger partial charge >= 0.3 is 0 Å². The molecule has 178 valence electrons. The fourth-order valence-electron chi connectivity index (χ4n) is 3.84. The van der Waals surface area contributed by atoms with Crippen LogP contribution in [0.2, 0.25) is 0 Å². The first-order valence-electron chi connectivity index (χ1n) is 11.6. The van der Waals surface area contributed by atoms with Crippen molar-refractivity contribution in [2.75, 3.05) is 44.7 Å². The van der Waals surface area contributed by atoms with E-state index < -0.39 is 0 Å². The zero-order valence-corrected chi connectivity index (χ0v) is 20.3. The molecule has 0 N–H and O–H groups in total. The molecule has 1 aliphatic rings. The van der Waals surface area contributed by atoms with Crippen molar-refractivity contribution in [2.45, 2.75) is 40.2 Å². The van der Waals surface area contributed by atoms with E-state index in [4.69, 9.17) is 4.74 Å². The van der Waals surface area contributed by atoms with Crippen LogP contribution in [-0.4, -0.2) is 77.7 Å². The van der Waals surface area contributed by atoms with Crippen LogP contribution in [-0.2, 0) is 9.59 Å². The topological polar surface area (TPSA) is 78.9 Å². The number of nitrogens with zero attached hydrogens (tertiary/aromatic N) is 5. The second kappa shape index (κ2) is 11.1. The molecule has 8 heteroatoms. The minimum atomic E-state index is -0.122. The van der Waals surface area contributed by atoms with Crippen LogP contribution in [0.25, 0.3) is 11.3 Å². The lowest BCUT2D eigenvalue weighted by Crippen LogP contribution is -2.53. The van der Waals surface area contributed by atoms with E-state index in [1.54, 1.807) is 12.0 Å². The van der Waals surface area contributed by atoms with Gasteiger partial charge in [0.15, 0.2) is 5.82 Å². The minimum absolute atomic E-state index is 0.00453. The van der Waals surface area contributed by atoms with Gasteiger partial charge in [0.1, 0.15) is 5.75 Å². The highest BCUT2D eigenvalue weighted by atomic mass is 16.5. The predicted molar refractivity (Wildman–Crippen MR) is 129 cm³/mol. The molecule has 2 aromatic rings. The van der Waals surface area contributed by atoms with Crippen molar-refractivity contribution < 1.29 is 14.3 Å². The number of carbonyl (C=O) groups is 2. The summed E-state index contributed by atoms with van der Waals surface area (Å²) in [7, 11) is 1.64. The van der Waals surface area contributed by atoms with Crippen molar-refractivity contribution in [3.63, 3.8) is 0 Å². The number of ether oxygens (including phenoxy) is 1. The Balaban J connectivity index is 1.57. The zero-order chi connectivity index (χ0) is 24.0. The number of piperazine rings is 1. The third-order valence-electron chi connectivity index (χ3n) is 6.20. The van der Waals surface area contributed by atoms with Crippen molar-refractivity contribution >= 4 is 17.6 Å². The van der Waals surface area contributed by atoms with Gasteiger partial charge < -0.3 is 19.4 Å². The average molecular weight is 454 g/mol. The van der Waals surface area contributed by atoms with E-state index in [-0.39, 0.29) is 30.3 Å². The largest absolute Gasteiger partial charge is 0.497 e. The molecule has 2 amide bonds. The molecule has 1 aromatic carbocycles. The number of anilines is 1. The van der Waals surface area contributed by atoms with E-state index in [0.29, 0.717) is 26.2 Å². The average Bonchev–Trinajstić information content (AvgIpc) is 2.86. The number of rotatable bonds is 8. The van der Waals surface area contributed by atoms with E-state index in [9.17, 15) is 9.59 Å². The molecule has 1 fully saturated rings. The molecule has 0 spiro atoms. The fraction of sp³-hybridized carbons (Fsp3) is 0.520. The molecular weight excluding hydrogens is 418 g/mol. The van der Waals surface area contributed by atoms with Crippen LogP contribution in [0.5, 0.6) is 5.75 Å². The van der Waals surface area contributed by atoms with Crippen LogP contribution in [0.15, 0.2) is 36.4 Å². The lowest BCUT2D eigenvalue weighted by Gasteiger charge is -2.37. The molecule has 0 saturated carbocycles. The first kappa shape index (κ1) is 24.5. The van der Waals surface area contributed by atoms with Gasteiger partial charge in [-0.2, -0.15) is 0 Å². The lowest BCUT2D eigenvalue weighted by atomic mass is 10.1. The van der Waals surface area contributed by atoms with Crippen LogP contribution in [0.3, 0.4) is 0 Å². The van der Waals surface area contributed by atoms with Crippen LogP contribution < -0.4 is 9.64 Å². The first-order valence-corrected chi connectivity index (χ1v) is 11.6. The maximum absolute atomic E-state index is 12.9. The number of benzene rings is 1. The Morgan fingerprint density at radius 1 is 1.00 bits per heavy atom. The molecule has 0 bridgehead atoms. The van der Waals surface area contributed by atoms with E-state index >= 15 is 0 Å². The molecule has 0 unspecified atom stereocenters. The molecular formula is C25H35N5O3. The van der Waals surface area contributed by atoms with Gasteiger partial charge in [-0.25, -0.2) is 0 Å². The van der Waals surface area contributed by atoms with Gasteiger partial charge in [-0.3, -0.25) is 9.59 Å². The summed E-state index contributed by atoms with van der Waals surface area (Å²) >= 11 is 0. The smallest absolute Gasteiger partial charge is 0.242 e. The summed E-state index contributed by atoms with van der Waals surface area (Å²) in [6, 6.07) is 11.7. The lowest BCUT2D eigenvalue weighted by molar-refractivity contribution is -0.144. The summed E-state index contributed by atoms with van der Waals surface area (Å²) in [6.45, 7) is 10.5. The second-order valence-corrected chi connectivity index (χ2v) is 8.75. The molecule has 1 aromatic heterocycles. The Labute approximate surface area is 196 Å². The maximum Gasteiger partial charge on any atom is 0.242 e. The molecule has 1 aliphatic heterocycles. The van der Waals surface area contributed by atoms with Crippen molar-refractivity contribution in [1.29, 1.82) is 0 Å². The van der Waals surface area contributed by atoms with E-state index in [2.05, 4.69) is 15.1 Å². The highest BCUT2D eigenvalue weighted by Gasteiger charge is 2.28.